The summed E-state index contributed by atoms with van der Waals surface area (Å²) in [7, 11) is 0. The number of nitrogens with zero attached hydrogens (tertiary/aromatic N) is 2. The van der Waals surface area contributed by atoms with E-state index in [4.69, 9.17) is 11.6 Å². The van der Waals surface area contributed by atoms with E-state index in [1.165, 1.54) is 0 Å². The number of amides is 1. The van der Waals surface area contributed by atoms with Crippen LogP contribution >= 0.6 is 27.5 Å². The molecule has 30 heavy (non-hydrogen) atoms. The fourth-order valence-corrected chi connectivity index (χ4v) is 4.44. The summed E-state index contributed by atoms with van der Waals surface area (Å²) in [4.78, 5) is 15.3. The summed E-state index contributed by atoms with van der Waals surface area (Å²) in [5.74, 6) is -0.116. The number of aromatic amines is 1. The summed E-state index contributed by atoms with van der Waals surface area (Å²) in [6, 6.07) is 23.1. The lowest BCUT2D eigenvalue weighted by Crippen LogP contribution is -2.29. The lowest BCUT2D eigenvalue weighted by atomic mass is 9.96. The van der Waals surface area contributed by atoms with Crippen molar-refractivity contribution in [2.75, 3.05) is 4.90 Å². The molecular weight excluding hydrogens is 462 g/mol. The van der Waals surface area contributed by atoms with Gasteiger partial charge in [0.25, 0.3) is 5.91 Å². The Labute approximate surface area is 187 Å². The van der Waals surface area contributed by atoms with Crippen LogP contribution in [0.15, 0.2) is 77.3 Å². The number of benzene rings is 3. The van der Waals surface area contributed by atoms with Crippen LogP contribution in [-0.4, -0.2) is 16.1 Å². The standard InChI is InChI=1S/C24H17BrClN3O/c1-14-6-12-17(13-7-14)29-23(18-4-2-3-5-19(18)26)20-21(27-28-22(20)24(29)30)15-8-10-16(25)11-9-15/h2-13,23H,1H3,(H,27,28)/t23-/m1/s1. The van der Waals surface area contributed by atoms with Crippen molar-refractivity contribution in [2.24, 2.45) is 0 Å². The third kappa shape index (κ3) is 3.06. The van der Waals surface area contributed by atoms with Gasteiger partial charge in [-0.25, -0.2) is 0 Å². The number of hydrogen-bond donors (Lipinski definition) is 1. The number of rotatable bonds is 3. The Hall–Kier alpha value is -2.89. The van der Waals surface area contributed by atoms with Crippen LogP contribution in [0.2, 0.25) is 5.02 Å². The number of carbonyl (C=O) groups excluding carboxylic acids is 1. The van der Waals surface area contributed by atoms with Crippen LogP contribution in [0.25, 0.3) is 11.3 Å². The second-order valence-electron chi connectivity index (χ2n) is 7.30. The SMILES string of the molecule is Cc1ccc(N2C(=O)c3[nH]nc(-c4ccc(Br)cc4)c3[C@H]2c2ccccc2Cl)cc1. The number of aromatic nitrogens is 2. The predicted octanol–water partition coefficient (Wildman–Crippen LogP) is 6.55. The normalized spacial score (nSPS) is 15.5. The second kappa shape index (κ2) is 7.42. The lowest BCUT2D eigenvalue weighted by molar-refractivity contribution is 0.0989. The van der Waals surface area contributed by atoms with Crippen LogP contribution < -0.4 is 4.90 Å². The van der Waals surface area contributed by atoms with E-state index in [0.29, 0.717) is 10.7 Å². The number of nitrogens with one attached hydrogen (secondary N) is 1. The quantitative estimate of drug-likeness (QED) is 0.363. The molecule has 6 heteroatoms. The molecule has 2 heterocycles. The second-order valence-corrected chi connectivity index (χ2v) is 8.63. The first-order valence-corrected chi connectivity index (χ1v) is 10.7. The zero-order chi connectivity index (χ0) is 20.8. The number of fused-ring (bicyclic) bond motifs is 1. The monoisotopic (exact) mass is 477 g/mol. The number of carbonyl (C=O) groups is 1. The van der Waals surface area contributed by atoms with Gasteiger partial charge in [0.15, 0.2) is 0 Å². The molecule has 4 nitrogen and oxygen atoms in total. The molecule has 1 atom stereocenters. The van der Waals surface area contributed by atoms with Gasteiger partial charge in [0, 0.05) is 26.3 Å². The van der Waals surface area contributed by atoms with E-state index in [1.54, 1.807) is 4.90 Å². The van der Waals surface area contributed by atoms with Gasteiger partial charge in [-0.05, 0) is 42.8 Å². The average Bonchev–Trinajstić information content (AvgIpc) is 3.29. The summed E-state index contributed by atoms with van der Waals surface area (Å²) in [5.41, 5.74) is 5.86. The van der Waals surface area contributed by atoms with Crippen molar-refractivity contribution >= 4 is 39.1 Å². The highest BCUT2D eigenvalue weighted by Crippen LogP contribution is 2.46. The topological polar surface area (TPSA) is 49.0 Å². The minimum absolute atomic E-state index is 0.116. The van der Waals surface area contributed by atoms with Crippen molar-refractivity contribution in [1.82, 2.24) is 10.2 Å². The fraction of sp³-hybridized carbons (Fsp3) is 0.0833. The predicted molar refractivity (Wildman–Crippen MR) is 123 cm³/mol. The van der Waals surface area contributed by atoms with Crippen molar-refractivity contribution in [1.29, 1.82) is 0 Å². The van der Waals surface area contributed by atoms with Crippen LogP contribution in [0.4, 0.5) is 5.69 Å². The molecule has 0 fully saturated rings. The van der Waals surface area contributed by atoms with E-state index in [1.807, 2.05) is 79.7 Å². The maximum Gasteiger partial charge on any atom is 0.277 e. The maximum atomic E-state index is 13.5. The summed E-state index contributed by atoms with van der Waals surface area (Å²) in [6.45, 7) is 2.03. The zero-order valence-corrected chi connectivity index (χ0v) is 18.4. The Kier molecular flexibility index (Phi) is 4.72. The number of H-pyrrole nitrogens is 1. The number of halogens is 2. The van der Waals surface area contributed by atoms with Crippen molar-refractivity contribution < 1.29 is 4.79 Å². The van der Waals surface area contributed by atoms with E-state index in [0.717, 1.165) is 38.1 Å². The van der Waals surface area contributed by atoms with Crippen LogP contribution in [0.1, 0.15) is 33.2 Å². The van der Waals surface area contributed by atoms with Gasteiger partial charge in [-0.15, -0.1) is 0 Å². The Balaban J connectivity index is 1.74. The van der Waals surface area contributed by atoms with Crippen LogP contribution in [0.3, 0.4) is 0 Å². The molecule has 1 amide bonds. The molecule has 4 aromatic rings. The number of aryl methyl sites for hydroxylation is 1. The summed E-state index contributed by atoms with van der Waals surface area (Å²) < 4.78 is 0.985. The van der Waals surface area contributed by atoms with Gasteiger partial charge in [-0.3, -0.25) is 14.8 Å². The third-order valence-corrected chi connectivity index (χ3v) is 6.27. The Morgan fingerprint density at radius 2 is 1.70 bits per heavy atom. The highest BCUT2D eigenvalue weighted by Gasteiger charge is 2.43. The molecule has 0 unspecified atom stereocenters. The van der Waals surface area contributed by atoms with Crippen LogP contribution in [0.5, 0.6) is 0 Å². The molecule has 0 spiro atoms. The summed E-state index contributed by atoms with van der Waals surface area (Å²) in [5, 5.41) is 8.10. The molecule has 0 saturated carbocycles. The molecule has 0 aliphatic carbocycles. The van der Waals surface area contributed by atoms with Crippen LogP contribution in [-0.2, 0) is 0 Å². The van der Waals surface area contributed by atoms with Gasteiger partial charge in [0.05, 0.1) is 11.7 Å². The highest BCUT2D eigenvalue weighted by atomic mass is 79.9. The van der Waals surface area contributed by atoms with Gasteiger partial charge in [-0.1, -0.05) is 75.6 Å². The zero-order valence-electron chi connectivity index (χ0n) is 16.1. The van der Waals surface area contributed by atoms with Crippen LogP contribution in [0, 0.1) is 6.92 Å². The molecule has 1 aliphatic heterocycles. The van der Waals surface area contributed by atoms with Crippen molar-refractivity contribution in [3.63, 3.8) is 0 Å². The first kappa shape index (κ1) is 19.1. The fourth-order valence-electron chi connectivity index (χ4n) is 3.94. The largest absolute Gasteiger partial charge is 0.295 e. The maximum absolute atomic E-state index is 13.5. The van der Waals surface area contributed by atoms with Gasteiger partial charge >= 0.3 is 0 Å². The Morgan fingerprint density at radius 1 is 1.00 bits per heavy atom. The van der Waals surface area contributed by atoms with E-state index >= 15 is 0 Å². The molecular formula is C24H17BrClN3O. The molecule has 148 valence electrons. The molecule has 1 aliphatic rings. The van der Waals surface area contributed by atoms with E-state index in [-0.39, 0.29) is 11.9 Å². The van der Waals surface area contributed by atoms with Crippen molar-refractivity contribution in [3.8, 4) is 11.3 Å². The first-order valence-electron chi connectivity index (χ1n) is 9.53. The third-order valence-electron chi connectivity index (χ3n) is 5.40. The number of anilines is 1. The molecule has 5 rings (SSSR count). The highest BCUT2D eigenvalue weighted by molar-refractivity contribution is 9.10. The molecule has 0 saturated heterocycles. The van der Waals surface area contributed by atoms with Gasteiger partial charge in [-0.2, -0.15) is 5.10 Å². The minimum atomic E-state index is -0.374. The van der Waals surface area contributed by atoms with Crippen molar-refractivity contribution in [2.45, 2.75) is 13.0 Å². The average molecular weight is 479 g/mol. The molecule has 0 bridgehead atoms. The van der Waals surface area contributed by atoms with E-state index in [2.05, 4.69) is 26.1 Å². The van der Waals surface area contributed by atoms with Gasteiger partial charge in [0.1, 0.15) is 5.69 Å². The van der Waals surface area contributed by atoms with E-state index < -0.39 is 0 Å². The molecule has 1 N–H and O–H groups in total. The lowest BCUT2D eigenvalue weighted by Gasteiger charge is -2.27. The Bertz CT molecular complexity index is 1250. The Morgan fingerprint density at radius 3 is 2.40 bits per heavy atom. The summed E-state index contributed by atoms with van der Waals surface area (Å²) >= 11 is 10.1. The van der Waals surface area contributed by atoms with E-state index in [9.17, 15) is 4.79 Å². The minimum Gasteiger partial charge on any atom is -0.295 e. The smallest absolute Gasteiger partial charge is 0.277 e. The molecule has 0 radical (unpaired) electrons. The van der Waals surface area contributed by atoms with Gasteiger partial charge < -0.3 is 0 Å². The molecule has 3 aromatic carbocycles. The van der Waals surface area contributed by atoms with Gasteiger partial charge in [0.2, 0.25) is 0 Å². The summed E-state index contributed by atoms with van der Waals surface area (Å²) in [6.07, 6.45) is 0. The van der Waals surface area contributed by atoms with Crippen molar-refractivity contribution in [3.05, 3.63) is 105 Å². The first-order chi connectivity index (χ1) is 14.5. The molecule has 1 aromatic heterocycles. The number of hydrogen-bond acceptors (Lipinski definition) is 2.